The SMILES string of the molecule is C[C@H](NC(=O)C[C@H]1Sc2ccc(Cl)cc2NC1=O)c1ccc(-n2ccnc2)cc1. The molecule has 6 nitrogen and oxygen atoms in total. The molecule has 1 aromatic heterocycles. The van der Waals surface area contributed by atoms with Crippen molar-refractivity contribution in [2.24, 2.45) is 0 Å². The molecule has 2 amide bonds. The van der Waals surface area contributed by atoms with E-state index in [9.17, 15) is 9.59 Å². The topological polar surface area (TPSA) is 76.0 Å². The molecule has 8 heteroatoms. The normalized spacial score (nSPS) is 16.6. The molecule has 1 aliphatic heterocycles. The Morgan fingerprint density at radius 2 is 2.10 bits per heavy atom. The summed E-state index contributed by atoms with van der Waals surface area (Å²) in [6.07, 6.45) is 5.44. The van der Waals surface area contributed by atoms with E-state index in [0.717, 1.165) is 16.1 Å². The van der Waals surface area contributed by atoms with Crippen LogP contribution < -0.4 is 10.6 Å². The number of imidazole rings is 1. The van der Waals surface area contributed by atoms with E-state index in [0.29, 0.717) is 10.7 Å². The highest BCUT2D eigenvalue weighted by Crippen LogP contribution is 2.38. The minimum absolute atomic E-state index is 0.107. The van der Waals surface area contributed by atoms with Gasteiger partial charge in [0.1, 0.15) is 0 Å². The van der Waals surface area contributed by atoms with Crippen molar-refractivity contribution >= 4 is 40.9 Å². The lowest BCUT2D eigenvalue weighted by atomic mass is 10.1. The molecular formula is C21H19ClN4O2S. The van der Waals surface area contributed by atoms with Crippen LogP contribution in [0.5, 0.6) is 0 Å². The lowest BCUT2D eigenvalue weighted by Crippen LogP contribution is -2.35. The number of halogens is 1. The molecule has 0 radical (unpaired) electrons. The van der Waals surface area contributed by atoms with Crippen molar-refractivity contribution in [3.8, 4) is 5.69 Å². The summed E-state index contributed by atoms with van der Waals surface area (Å²) in [6, 6.07) is 13.1. The highest BCUT2D eigenvalue weighted by atomic mass is 35.5. The predicted octanol–water partition coefficient (Wildman–Crippen LogP) is 4.21. The number of anilines is 1. The van der Waals surface area contributed by atoms with Crippen LogP contribution in [0.2, 0.25) is 5.02 Å². The molecule has 0 saturated carbocycles. The average Bonchev–Trinajstić information content (AvgIpc) is 3.23. The van der Waals surface area contributed by atoms with Gasteiger partial charge in [-0.15, -0.1) is 11.8 Å². The van der Waals surface area contributed by atoms with E-state index in [1.165, 1.54) is 11.8 Å². The van der Waals surface area contributed by atoms with Crippen molar-refractivity contribution < 1.29 is 9.59 Å². The zero-order valence-electron chi connectivity index (χ0n) is 15.6. The third-order valence-corrected chi connectivity index (χ3v) is 6.22. The molecule has 0 saturated heterocycles. The van der Waals surface area contributed by atoms with Crippen molar-refractivity contribution in [3.05, 3.63) is 71.8 Å². The van der Waals surface area contributed by atoms with Crippen molar-refractivity contribution in [2.75, 3.05) is 5.32 Å². The number of amides is 2. The number of rotatable bonds is 5. The van der Waals surface area contributed by atoms with E-state index in [1.54, 1.807) is 24.7 Å². The van der Waals surface area contributed by atoms with Gasteiger partial charge in [-0.1, -0.05) is 23.7 Å². The first-order valence-corrected chi connectivity index (χ1v) is 10.4. The van der Waals surface area contributed by atoms with Crippen LogP contribution in [0.25, 0.3) is 5.69 Å². The Bertz CT molecular complexity index is 1040. The van der Waals surface area contributed by atoms with Gasteiger partial charge in [-0.05, 0) is 42.8 Å². The molecule has 4 rings (SSSR count). The van der Waals surface area contributed by atoms with Gasteiger partial charge in [0.05, 0.1) is 23.3 Å². The van der Waals surface area contributed by atoms with Gasteiger partial charge < -0.3 is 15.2 Å². The Kier molecular flexibility index (Phi) is 5.60. The van der Waals surface area contributed by atoms with Crippen molar-refractivity contribution in [2.45, 2.75) is 29.5 Å². The monoisotopic (exact) mass is 426 g/mol. The number of thioether (sulfide) groups is 1. The molecular weight excluding hydrogens is 408 g/mol. The molecule has 0 aliphatic carbocycles. The van der Waals surface area contributed by atoms with Crippen LogP contribution in [-0.2, 0) is 9.59 Å². The molecule has 29 heavy (non-hydrogen) atoms. The highest BCUT2D eigenvalue weighted by Gasteiger charge is 2.29. The molecule has 2 N–H and O–H groups in total. The summed E-state index contributed by atoms with van der Waals surface area (Å²) < 4.78 is 1.91. The van der Waals surface area contributed by atoms with Gasteiger partial charge in [-0.25, -0.2) is 4.98 Å². The molecule has 0 unspecified atom stereocenters. The maximum absolute atomic E-state index is 12.5. The Balaban J connectivity index is 1.37. The number of nitrogens with one attached hydrogen (secondary N) is 2. The van der Waals surface area contributed by atoms with Gasteiger partial charge in [-0.3, -0.25) is 9.59 Å². The quantitative estimate of drug-likeness (QED) is 0.640. The van der Waals surface area contributed by atoms with Crippen LogP contribution in [0.15, 0.2) is 66.1 Å². The summed E-state index contributed by atoms with van der Waals surface area (Å²) in [7, 11) is 0. The lowest BCUT2D eigenvalue weighted by molar-refractivity contribution is -0.124. The number of carbonyl (C=O) groups is 2. The smallest absolute Gasteiger partial charge is 0.238 e. The van der Waals surface area contributed by atoms with E-state index < -0.39 is 5.25 Å². The van der Waals surface area contributed by atoms with Crippen LogP contribution in [0.4, 0.5) is 5.69 Å². The standard InChI is InChI=1S/C21H19ClN4O2S/c1-13(14-2-5-16(6-3-14)26-9-8-23-12-26)24-20(27)11-19-21(28)25-17-10-15(22)4-7-18(17)29-19/h2-10,12-13,19H,11H2,1H3,(H,24,27)(H,25,28)/t13-,19+/m0/s1. The second kappa shape index (κ2) is 8.31. The van der Waals surface area contributed by atoms with Crippen LogP contribution in [0.3, 0.4) is 0 Å². The first-order chi connectivity index (χ1) is 14.0. The van der Waals surface area contributed by atoms with E-state index in [4.69, 9.17) is 11.6 Å². The van der Waals surface area contributed by atoms with Crippen LogP contribution in [-0.4, -0.2) is 26.6 Å². The lowest BCUT2D eigenvalue weighted by Gasteiger charge is -2.24. The summed E-state index contributed by atoms with van der Waals surface area (Å²) in [4.78, 5) is 29.8. The minimum atomic E-state index is -0.473. The molecule has 3 aromatic rings. The van der Waals surface area contributed by atoms with E-state index in [-0.39, 0.29) is 24.3 Å². The number of nitrogens with zero attached hydrogens (tertiary/aromatic N) is 2. The van der Waals surface area contributed by atoms with Gasteiger partial charge in [0.15, 0.2) is 0 Å². The summed E-state index contributed by atoms with van der Waals surface area (Å²) in [5.74, 6) is -0.349. The summed E-state index contributed by atoms with van der Waals surface area (Å²) in [5.41, 5.74) is 2.68. The van der Waals surface area contributed by atoms with Gasteiger partial charge in [0.25, 0.3) is 0 Å². The second-order valence-corrected chi connectivity index (χ2v) is 8.47. The third kappa shape index (κ3) is 4.46. The fourth-order valence-electron chi connectivity index (χ4n) is 3.16. The molecule has 0 bridgehead atoms. The molecule has 0 fully saturated rings. The number of hydrogen-bond donors (Lipinski definition) is 2. The Hall–Kier alpha value is -2.77. The molecule has 148 valence electrons. The van der Waals surface area contributed by atoms with E-state index in [2.05, 4.69) is 15.6 Å². The number of benzene rings is 2. The first-order valence-electron chi connectivity index (χ1n) is 9.14. The fourth-order valence-corrected chi connectivity index (χ4v) is 4.42. The zero-order valence-corrected chi connectivity index (χ0v) is 17.2. The summed E-state index contributed by atoms with van der Waals surface area (Å²) >= 11 is 7.36. The Morgan fingerprint density at radius 3 is 2.83 bits per heavy atom. The van der Waals surface area contributed by atoms with Gasteiger partial charge in [0.2, 0.25) is 11.8 Å². The fraction of sp³-hybridized carbons (Fsp3) is 0.190. The number of fused-ring (bicyclic) bond motifs is 1. The van der Waals surface area contributed by atoms with E-state index >= 15 is 0 Å². The first kappa shape index (κ1) is 19.5. The Morgan fingerprint density at radius 1 is 1.31 bits per heavy atom. The van der Waals surface area contributed by atoms with Gasteiger partial charge >= 0.3 is 0 Å². The molecule has 2 atom stereocenters. The summed E-state index contributed by atoms with van der Waals surface area (Å²) in [6.45, 7) is 1.93. The van der Waals surface area contributed by atoms with Crippen molar-refractivity contribution in [1.82, 2.24) is 14.9 Å². The highest BCUT2D eigenvalue weighted by molar-refractivity contribution is 8.01. The number of carbonyl (C=O) groups excluding carboxylic acids is 2. The molecule has 1 aliphatic rings. The minimum Gasteiger partial charge on any atom is -0.350 e. The van der Waals surface area contributed by atoms with Gasteiger partial charge in [-0.2, -0.15) is 0 Å². The zero-order chi connectivity index (χ0) is 20.4. The van der Waals surface area contributed by atoms with Crippen LogP contribution in [0, 0.1) is 0 Å². The second-order valence-electron chi connectivity index (χ2n) is 6.79. The third-order valence-electron chi connectivity index (χ3n) is 4.71. The maximum atomic E-state index is 12.5. The van der Waals surface area contributed by atoms with E-state index in [1.807, 2.05) is 48.0 Å². The number of hydrogen-bond acceptors (Lipinski definition) is 4. The van der Waals surface area contributed by atoms with Crippen LogP contribution >= 0.6 is 23.4 Å². The van der Waals surface area contributed by atoms with Crippen molar-refractivity contribution in [1.29, 1.82) is 0 Å². The predicted molar refractivity (Wildman–Crippen MR) is 114 cm³/mol. The molecule has 2 aromatic carbocycles. The van der Waals surface area contributed by atoms with Crippen LogP contribution in [0.1, 0.15) is 24.9 Å². The average molecular weight is 427 g/mol. The molecule has 0 spiro atoms. The molecule has 2 heterocycles. The Labute approximate surface area is 177 Å². The maximum Gasteiger partial charge on any atom is 0.238 e. The van der Waals surface area contributed by atoms with Gasteiger partial charge in [0, 0.05) is 34.4 Å². The summed E-state index contributed by atoms with van der Waals surface area (Å²) in [5, 5.41) is 5.90. The largest absolute Gasteiger partial charge is 0.350 e. The van der Waals surface area contributed by atoms with Crippen molar-refractivity contribution in [3.63, 3.8) is 0 Å². The number of aromatic nitrogens is 2.